The van der Waals surface area contributed by atoms with Crippen LogP contribution in [0, 0.1) is 0 Å². The van der Waals surface area contributed by atoms with Crippen LogP contribution in [0.5, 0.6) is 0 Å². The number of nitrogens with zero attached hydrogens (tertiary/aromatic N) is 3. The number of carbonyl (C=O) groups excluding carboxylic acids is 1. The van der Waals surface area contributed by atoms with Crippen molar-refractivity contribution in [2.24, 2.45) is 0 Å². The van der Waals surface area contributed by atoms with Gasteiger partial charge in [0.25, 0.3) is 0 Å². The third-order valence-electron chi connectivity index (χ3n) is 5.28. The third kappa shape index (κ3) is 4.22. The van der Waals surface area contributed by atoms with Crippen molar-refractivity contribution in [1.82, 2.24) is 14.9 Å². The van der Waals surface area contributed by atoms with Gasteiger partial charge in [-0.3, -0.25) is 14.8 Å². The van der Waals surface area contributed by atoms with Gasteiger partial charge in [-0.25, -0.2) is 0 Å². The minimum Gasteiger partial charge on any atom is -0.334 e. The second-order valence-corrected chi connectivity index (χ2v) is 7.10. The molecule has 136 valence electrons. The van der Waals surface area contributed by atoms with E-state index in [1.165, 1.54) is 11.1 Å². The Morgan fingerprint density at radius 3 is 2.11 bits per heavy atom. The highest BCUT2D eigenvalue weighted by molar-refractivity contribution is 5.77. The van der Waals surface area contributed by atoms with E-state index in [1.54, 1.807) is 24.8 Å². The number of amides is 1. The van der Waals surface area contributed by atoms with Crippen molar-refractivity contribution in [2.45, 2.75) is 38.3 Å². The molecule has 0 saturated heterocycles. The molecule has 4 rings (SSSR count). The molecule has 0 aliphatic heterocycles. The SMILES string of the molecule is O=C(C[C@@H]1CCc2ccccc21)N(Cc1ccncc1)Cc1ccncc1. The lowest BCUT2D eigenvalue weighted by Crippen LogP contribution is -2.31. The van der Waals surface area contributed by atoms with Gasteiger partial charge in [-0.1, -0.05) is 24.3 Å². The van der Waals surface area contributed by atoms with E-state index in [4.69, 9.17) is 0 Å². The Balaban J connectivity index is 1.51. The number of hydrogen-bond acceptors (Lipinski definition) is 3. The molecule has 0 fully saturated rings. The summed E-state index contributed by atoms with van der Waals surface area (Å²) in [7, 11) is 0. The number of hydrogen-bond donors (Lipinski definition) is 0. The van der Waals surface area contributed by atoms with Gasteiger partial charge in [0.1, 0.15) is 0 Å². The van der Waals surface area contributed by atoms with Gasteiger partial charge < -0.3 is 4.90 Å². The number of aromatic nitrogens is 2. The van der Waals surface area contributed by atoms with E-state index >= 15 is 0 Å². The molecule has 27 heavy (non-hydrogen) atoms. The van der Waals surface area contributed by atoms with Gasteiger partial charge in [-0.15, -0.1) is 0 Å². The average Bonchev–Trinajstić information content (AvgIpc) is 3.12. The van der Waals surface area contributed by atoms with Gasteiger partial charge in [0.05, 0.1) is 0 Å². The van der Waals surface area contributed by atoms with Gasteiger partial charge in [0.2, 0.25) is 5.91 Å². The number of carbonyl (C=O) groups is 1. The summed E-state index contributed by atoms with van der Waals surface area (Å²) in [6.07, 6.45) is 9.80. The van der Waals surface area contributed by atoms with Crippen LogP contribution in [0.1, 0.15) is 41.0 Å². The molecule has 0 unspecified atom stereocenters. The lowest BCUT2D eigenvalue weighted by molar-refractivity contribution is -0.132. The molecule has 0 N–H and O–H groups in total. The Morgan fingerprint density at radius 1 is 0.889 bits per heavy atom. The fourth-order valence-electron chi connectivity index (χ4n) is 3.85. The summed E-state index contributed by atoms with van der Waals surface area (Å²) in [5.41, 5.74) is 4.93. The van der Waals surface area contributed by atoms with Gasteiger partial charge in [0, 0.05) is 44.3 Å². The minimum absolute atomic E-state index is 0.199. The molecule has 4 nitrogen and oxygen atoms in total. The molecule has 1 aromatic carbocycles. The van der Waals surface area contributed by atoms with E-state index in [9.17, 15) is 4.79 Å². The molecule has 2 aromatic heterocycles. The number of aryl methyl sites for hydroxylation is 1. The van der Waals surface area contributed by atoms with E-state index in [0.29, 0.717) is 25.4 Å². The van der Waals surface area contributed by atoms with Crippen molar-refractivity contribution < 1.29 is 4.79 Å². The quantitative estimate of drug-likeness (QED) is 0.666. The van der Waals surface area contributed by atoms with Crippen LogP contribution in [-0.4, -0.2) is 20.8 Å². The van der Waals surface area contributed by atoms with Crippen LogP contribution in [0.3, 0.4) is 0 Å². The van der Waals surface area contributed by atoms with Gasteiger partial charge >= 0.3 is 0 Å². The molecule has 0 bridgehead atoms. The Hall–Kier alpha value is -3.01. The monoisotopic (exact) mass is 357 g/mol. The number of fused-ring (bicyclic) bond motifs is 1. The molecule has 4 heteroatoms. The highest BCUT2D eigenvalue weighted by Gasteiger charge is 2.26. The summed E-state index contributed by atoms with van der Waals surface area (Å²) in [5.74, 6) is 0.524. The molecule has 0 saturated carbocycles. The van der Waals surface area contributed by atoms with Crippen LogP contribution >= 0.6 is 0 Å². The smallest absolute Gasteiger partial charge is 0.223 e. The first-order valence-electron chi connectivity index (χ1n) is 9.43. The summed E-state index contributed by atoms with van der Waals surface area (Å²) >= 11 is 0. The van der Waals surface area contributed by atoms with E-state index in [-0.39, 0.29) is 5.91 Å². The maximum absolute atomic E-state index is 13.2. The van der Waals surface area contributed by atoms with Crippen molar-refractivity contribution in [3.8, 4) is 0 Å². The molecule has 1 atom stereocenters. The molecule has 2 heterocycles. The zero-order valence-corrected chi connectivity index (χ0v) is 15.3. The van der Waals surface area contributed by atoms with Crippen LogP contribution in [0.2, 0.25) is 0 Å². The highest BCUT2D eigenvalue weighted by atomic mass is 16.2. The number of pyridine rings is 2. The van der Waals surface area contributed by atoms with Crippen molar-refractivity contribution in [2.75, 3.05) is 0 Å². The maximum atomic E-state index is 13.2. The summed E-state index contributed by atoms with van der Waals surface area (Å²) in [4.78, 5) is 23.3. The lowest BCUT2D eigenvalue weighted by atomic mass is 9.97. The van der Waals surface area contributed by atoms with Crippen LogP contribution in [-0.2, 0) is 24.3 Å². The predicted octanol–water partition coefficient (Wildman–Crippen LogP) is 4.13. The molecule has 0 spiro atoms. The molecular formula is C23H23N3O. The topological polar surface area (TPSA) is 46.1 Å². The molecular weight excluding hydrogens is 334 g/mol. The van der Waals surface area contributed by atoms with Crippen LogP contribution < -0.4 is 0 Å². The lowest BCUT2D eigenvalue weighted by Gasteiger charge is -2.25. The zero-order valence-electron chi connectivity index (χ0n) is 15.3. The predicted molar refractivity (Wildman–Crippen MR) is 105 cm³/mol. The highest BCUT2D eigenvalue weighted by Crippen LogP contribution is 2.35. The van der Waals surface area contributed by atoms with E-state index in [2.05, 4.69) is 34.2 Å². The molecule has 1 amide bonds. The van der Waals surface area contributed by atoms with E-state index in [1.807, 2.05) is 29.2 Å². The van der Waals surface area contributed by atoms with Crippen LogP contribution in [0.25, 0.3) is 0 Å². The van der Waals surface area contributed by atoms with Crippen molar-refractivity contribution in [3.63, 3.8) is 0 Å². The number of benzene rings is 1. The second-order valence-electron chi connectivity index (χ2n) is 7.10. The Kier molecular flexibility index (Phi) is 5.24. The normalized spacial score (nSPS) is 15.3. The van der Waals surface area contributed by atoms with Gasteiger partial charge in [-0.2, -0.15) is 0 Å². The molecule has 1 aliphatic rings. The summed E-state index contributed by atoms with van der Waals surface area (Å²) < 4.78 is 0. The first-order chi connectivity index (χ1) is 13.3. The van der Waals surface area contributed by atoms with Gasteiger partial charge in [0.15, 0.2) is 0 Å². The van der Waals surface area contributed by atoms with Crippen LogP contribution in [0.4, 0.5) is 0 Å². The second kappa shape index (κ2) is 8.12. The van der Waals surface area contributed by atoms with Crippen molar-refractivity contribution in [1.29, 1.82) is 0 Å². The standard InChI is InChI=1S/C23H23N3O/c27-23(15-21-6-5-20-3-1-2-4-22(20)21)26(16-18-7-11-24-12-8-18)17-19-9-13-25-14-10-19/h1-4,7-14,21H,5-6,15-17H2/t21-/m0/s1. The summed E-state index contributed by atoms with van der Waals surface area (Å²) in [5, 5.41) is 0. The van der Waals surface area contributed by atoms with E-state index in [0.717, 1.165) is 24.0 Å². The molecule has 1 aliphatic carbocycles. The largest absolute Gasteiger partial charge is 0.334 e. The van der Waals surface area contributed by atoms with Crippen molar-refractivity contribution >= 4 is 5.91 Å². The fraction of sp³-hybridized carbons (Fsp3) is 0.261. The molecule has 3 aromatic rings. The maximum Gasteiger partial charge on any atom is 0.223 e. The molecule has 0 radical (unpaired) electrons. The average molecular weight is 357 g/mol. The minimum atomic E-state index is 0.199. The first kappa shape index (κ1) is 17.4. The third-order valence-corrected chi connectivity index (χ3v) is 5.28. The Bertz CT molecular complexity index is 854. The Labute approximate surface area is 159 Å². The first-order valence-corrected chi connectivity index (χ1v) is 9.43. The van der Waals surface area contributed by atoms with Crippen molar-refractivity contribution in [3.05, 3.63) is 95.6 Å². The van der Waals surface area contributed by atoms with E-state index < -0.39 is 0 Å². The zero-order chi connectivity index (χ0) is 18.5. The summed E-state index contributed by atoms with van der Waals surface area (Å²) in [6, 6.07) is 16.4. The van der Waals surface area contributed by atoms with Gasteiger partial charge in [-0.05, 0) is 65.3 Å². The number of rotatable bonds is 6. The fourth-order valence-corrected chi connectivity index (χ4v) is 3.85. The Morgan fingerprint density at radius 2 is 1.48 bits per heavy atom. The van der Waals surface area contributed by atoms with Crippen LogP contribution in [0.15, 0.2) is 73.3 Å². The summed E-state index contributed by atoms with van der Waals surface area (Å²) in [6.45, 7) is 1.19.